The summed E-state index contributed by atoms with van der Waals surface area (Å²) in [4.78, 5) is 25.9. The van der Waals surface area contributed by atoms with Crippen molar-refractivity contribution in [1.82, 2.24) is 5.32 Å². The molecule has 0 bridgehead atoms. The molecule has 0 aliphatic heterocycles. The van der Waals surface area contributed by atoms with Crippen LogP contribution < -0.4 is 10.5 Å². The summed E-state index contributed by atoms with van der Waals surface area (Å²) in [6.07, 6.45) is -0.274. The first-order chi connectivity index (χ1) is 17.7. The van der Waals surface area contributed by atoms with Gasteiger partial charge in [-0.1, -0.05) is 71.9 Å². The average Bonchev–Trinajstić information content (AvgIpc) is 2.79. The van der Waals surface area contributed by atoms with Crippen molar-refractivity contribution in [3.63, 3.8) is 0 Å². The molecule has 0 fully saturated rings. The molecule has 0 spiro atoms. The average molecular weight is 584 g/mol. The molecule has 0 aromatic heterocycles. The molecule has 1 rings (SSSR count). The molecule has 0 saturated heterocycles. The minimum atomic E-state index is -2.92. The van der Waals surface area contributed by atoms with Crippen LogP contribution in [-0.2, 0) is 27.5 Å². The first-order valence-corrected chi connectivity index (χ1v) is 18.4. The van der Waals surface area contributed by atoms with Crippen molar-refractivity contribution < 1.29 is 32.3 Å². The van der Waals surface area contributed by atoms with Crippen molar-refractivity contribution in [1.29, 1.82) is 0 Å². The van der Waals surface area contributed by atoms with Gasteiger partial charge in [0.25, 0.3) is 0 Å². The molecular formula is C29H53NO7Si2. The Bertz CT molecular complexity index is 920. The van der Waals surface area contributed by atoms with Gasteiger partial charge >= 0.3 is 20.6 Å². The van der Waals surface area contributed by atoms with Crippen molar-refractivity contribution in [3.05, 3.63) is 30.3 Å². The third-order valence-corrected chi connectivity index (χ3v) is 16.0. The molecule has 1 N–H and O–H groups in total. The second kappa shape index (κ2) is 13.8. The highest BCUT2D eigenvalue weighted by atomic mass is 28.4. The van der Waals surface area contributed by atoms with Gasteiger partial charge in [-0.2, -0.15) is 0 Å². The van der Waals surface area contributed by atoms with Crippen molar-refractivity contribution in [2.75, 3.05) is 27.4 Å². The fourth-order valence-electron chi connectivity index (χ4n) is 4.05. The fraction of sp³-hybridized carbons (Fsp3) is 0.724. The number of benzene rings is 1. The van der Waals surface area contributed by atoms with Crippen molar-refractivity contribution >= 4 is 34.1 Å². The predicted molar refractivity (Wildman–Crippen MR) is 161 cm³/mol. The van der Waals surface area contributed by atoms with Crippen LogP contribution in [-0.4, -0.2) is 68.0 Å². The molecular weight excluding hydrogens is 530 g/mol. The van der Waals surface area contributed by atoms with E-state index < -0.39 is 46.5 Å². The van der Waals surface area contributed by atoms with Crippen LogP contribution in [0.3, 0.4) is 0 Å². The SMILES string of the molecule is COC(=O)[C@H](CO[Si](C)(C)C(C)(C)C)[C@@H](CCO[Si](OC)(c1ccccc1)C(C)(C)C)NC(=O)OC(C)(C)C. The van der Waals surface area contributed by atoms with E-state index in [1.54, 1.807) is 27.9 Å². The second-order valence-electron chi connectivity index (χ2n) is 13.5. The van der Waals surface area contributed by atoms with E-state index in [0.717, 1.165) is 5.19 Å². The largest absolute Gasteiger partial charge is 0.469 e. The van der Waals surface area contributed by atoms with Crippen LogP contribution in [0.5, 0.6) is 0 Å². The molecule has 1 aromatic rings. The number of nitrogens with one attached hydrogen (secondary N) is 1. The molecule has 1 aromatic carbocycles. The van der Waals surface area contributed by atoms with Crippen LogP contribution in [0, 0.1) is 5.92 Å². The van der Waals surface area contributed by atoms with Gasteiger partial charge in [0.15, 0.2) is 8.32 Å². The highest BCUT2D eigenvalue weighted by Crippen LogP contribution is 2.38. The lowest BCUT2D eigenvalue weighted by atomic mass is 9.98. The summed E-state index contributed by atoms with van der Waals surface area (Å²) < 4.78 is 29.9. The Morgan fingerprint density at radius 2 is 1.44 bits per heavy atom. The maximum atomic E-state index is 13.0. The molecule has 3 atom stereocenters. The molecule has 0 radical (unpaired) electrons. The molecule has 0 aliphatic rings. The number of esters is 1. The molecule has 8 nitrogen and oxygen atoms in total. The zero-order chi connectivity index (χ0) is 30.3. The van der Waals surface area contributed by atoms with Crippen molar-refractivity contribution in [2.45, 2.75) is 104 Å². The van der Waals surface area contributed by atoms with E-state index in [9.17, 15) is 9.59 Å². The minimum absolute atomic E-state index is 0.0447. The Labute approximate surface area is 238 Å². The van der Waals surface area contributed by atoms with Crippen molar-refractivity contribution in [2.24, 2.45) is 5.92 Å². The second-order valence-corrected chi connectivity index (χ2v) is 22.3. The maximum Gasteiger partial charge on any atom is 0.407 e. The van der Waals surface area contributed by atoms with E-state index in [4.69, 9.17) is 22.8 Å². The Morgan fingerprint density at radius 1 is 0.872 bits per heavy atom. The number of methoxy groups -OCH3 is 1. The molecule has 0 saturated carbocycles. The van der Waals surface area contributed by atoms with E-state index in [-0.39, 0.29) is 23.3 Å². The summed E-state index contributed by atoms with van der Waals surface area (Å²) in [7, 11) is -2.07. The molecule has 10 heteroatoms. The molecule has 0 aliphatic carbocycles. The smallest absolute Gasteiger partial charge is 0.407 e. The maximum absolute atomic E-state index is 13.0. The van der Waals surface area contributed by atoms with Gasteiger partial charge in [-0.25, -0.2) is 4.79 Å². The minimum Gasteiger partial charge on any atom is -0.469 e. The Morgan fingerprint density at radius 3 is 1.87 bits per heavy atom. The number of hydrogen-bond donors (Lipinski definition) is 1. The summed E-state index contributed by atoms with van der Waals surface area (Å²) in [6.45, 7) is 22.8. The van der Waals surface area contributed by atoms with Gasteiger partial charge in [0.1, 0.15) is 5.60 Å². The van der Waals surface area contributed by atoms with Gasteiger partial charge in [0, 0.05) is 31.4 Å². The highest BCUT2D eigenvalue weighted by molar-refractivity contribution is 6.83. The fourth-order valence-corrected chi connectivity index (χ4v) is 8.55. The Balaban J connectivity index is 3.32. The third-order valence-electron chi connectivity index (χ3n) is 7.28. The summed E-state index contributed by atoms with van der Waals surface area (Å²) in [6, 6.07) is 9.33. The Kier molecular flexibility index (Phi) is 12.5. The zero-order valence-electron chi connectivity index (χ0n) is 26.5. The number of carbonyl (C=O) groups excluding carboxylic acids is 2. The number of ether oxygens (including phenoxy) is 2. The molecule has 1 amide bonds. The lowest BCUT2D eigenvalue weighted by Crippen LogP contribution is -2.60. The lowest BCUT2D eigenvalue weighted by molar-refractivity contribution is -0.147. The number of alkyl carbamates (subject to hydrolysis) is 1. The summed E-state index contributed by atoms with van der Waals surface area (Å²) in [5.41, 5.74) is -0.693. The van der Waals surface area contributed by atoms with Gasteiger partial charge in [-0.15, -0.1) is 0 Å². The number of amides is 1. The van der Waals surface area contributed by atoms with Crippen LogP contribution >= 0.6 is 0 Å². The van der Waals surface area contributed by atoms with Gasteiger partial charge < -0.3 is 28.1 Å². The van der Waals surface area contributed by atoms with E-state index >= 15 is 0 Å². The Hall–Kier alpha value is -1.73. The zero-order valence-corrected chi connectivity index (χ0v) is 28.5. The normalized spacial score (nSPS) is 16.1. The topological polar surface area (TPSA) is 92.3 Å². The molecule has 0 heterocycles. The number of hydrogen-bond acceptors (Lipinski definition) is 7. The highest BCUT2D eigenvalue weighted by Gasteiger charge is 2.51. The van der Waals surface area contributed by atoms with E-state index in [2.05, 4.69) is 60.0 Å². The van der Waals surface area contributed by atoms with Gasteiger partial charge in [-0.05, 0) is 50.5 Å². The van der Waals surface area contributed by atoms with Gasteiger partial charge in [0.2, 0.25) is 0 Å². The number of carbonyl (C=O) groups is 2. The van der Waals surface area contributed by atoms with E-state index in [1.165, 1.54) is 7.11 Å². The summed E-state index contributed by atoms with van der Waals surface area (Å²) in [5, 5.41) is 3.60. The van der Waals surface area contributed by atoms with Crippen LogP contribution in [0.1, 0.15) is 68.7 Å². The van der Waals surface area contributed by atoms with Crippen LogP contribution in [0.15, 0.2) is 30.3 Å². The molecule has 39 heavy (non-hydrogen) atoms. The third kappa shape index (κ3) is 10.0. The standard InChI is InChI=1S/C29H53NO7Si2/c1-27(2,3)37-26(32)30-24(23(25(31)33-10)21-36-38(12,13)28(4,5)6)19-20-35-39(34-11,29(7,8)9)22-17-15-14-16-18-22/h14-18,23-24H,19-21H2,1-13H3,(H,30,32)/t23-,24-,39?/m1/s1. The summed E-state index contributed by atoms with van der Waals surface area (Å²) >= 11 is 0. The quantitative estimate of drug-likeness (QED) is 0.242. The summed E-state index contributed by atoms with van der Waals surface area (Å²) in [5.74, 6) is -1.20. The van der Waals surface area contributed by atoms with E-state index in [1.807, 2.05) is 30.3 Å². The van der Waals surface area contributed by atoms with Crippen LogP contribution in [0.25, 0.3) is 0 Å². The first-order valence-electron chi connectivity index (χ1n) is 13.7. The monoisotopic (exact) mass is 583 g/mol. The molecule has 224 valence electrons. The van der Waals surface area contributed by atoms with E-state index in [0.29, 0.717) is 6.42 Å². The number of rotatable bonds is 12. The van der Waals surface area contributed by atoms with Gasteiger partial charge in [0.05, 0.1) is 13.0 Å². The van der Waals surface area contributed by atoms with Crippen molar-refractivity contribution in [3.8, 4) is 0 Å². The van der Waals surface area contributed by atoms with Crippen LogP contribution in [0.4, 0.5) is 4.79 Å². The molecule has 1 unspecified atom stereocenters. The lowest BCUT2D eigenvalue weighted by Gasteiger charge is -2.41. The first kappa shape index (κ1) is 35.3. The van der Waals surface area contributed by atoms with Crippen LogP contribution in [0.2, 0.25) is 23.2 Å². The predicted octanol–water partition coefficient (Wildman–Crippen LogP) is 5.89. The van der Waals surface area contributed by atoms with Gasteiger partial charge in [-0.3, -0.25) is 4.79 Å².